The van der Waals surface area contributed by atoms with Gasteiger partial charge < -0.3 is 15.6 Å². The van der Waals surface area contributed by atoms with E-state index in [9.17, 15) is 4.79 Å². The molecule has 5 nitrogen and oxygen atoms in total. The highest BCUT2D eigenvalue weighted by molar-refractivity contribution is 7.80. The van der Waals surface area contributed by atoms with Gasteiger partial charge in [-0.3, -0.25) is 4.79 Å². The average molecular weight is 389 g/mol. The van der Waals surface area contributed by atoms with Gasteiger partial charge in [-0.25, -0.2) is 5.43 Å². The van der Waals surface area contributed by atoms with E-state index in [0.717, 1.165) is 12.1 Å². The molecule has 0 radical (unpaired) electrons. The molecule has 1 unspecified atom stereocenters. The lowest BCUT2D eigenvalue weighted by Gasteiger charge is -2.39. The Morgan fingerprint density at radius 1 is 1.22 bits per heavy atom. The van der Waals surface area contributed by atoms with Crippen LogP contribution in [0.2, 0.25) is 0 Å². The van der Waals surface area contributed by atoms with Gasteiger partial charge in [0.2, 0.25) is 0 Å². The Labute approximate surface area is 168 Å². The maximum Gasteiger partial charge on any atom is 0.252 e. The monoisotopic (exact) mass is 388 g/mol. The van der Waals surface area contributed by atoms with Crippen molar-refractivity contribution < 1.29 is 4.79 Å². The van der Waals surface area contributed by atoms with E-state index in [0.29, 0.717) is 5.11 Å². The highest BCUT2D eigenvalue weighted by atomic mass is 32.1. The van der Waals surface area contributed by atoms with Crippen LogP contribution in [0.3, 0.4) is 0 Å². The summed E-state index contributed by atoms with van der Waals surface area (Å²) >= 11 is 5.36. The molecule has 6 heteroatoms. The van der Waals surface area contributed by atoms with Gasteiger partial charge in [-0.2, -0.15) is 0 Å². The summed E-state index contributed by atoms with van der Waals surface area (Å²) in [4.78, 5) is 13.0. The molecular formula is C21H32N4OS. The van der Waals surface area contributed by atoms with Crippen molar-refractivity contribution in [1.29, 1.82) is 0 Å². The number of carbonyl (C=O) groups excluding carboxylic acids is 1. The summed E-state index contributed by atoms with van der Waals surface area (Å²) in [6.45, 7) is 8.28. The number of nitrogens with one attached hydrogen (secondary N) is 3. The van der Waals surface area contributed by atoms with Gasteiger partial charge in [0.15, 0.2) is 5.11 Å². The number of nitrogens with zero attached hydrogens (tertiary/aromatic N) is 1. The van der Waals surface area contributed by atoms with E-state index in [-0.39, 0.29) is 11.3 Å². The third-order valence-corrected chi connectivity index (χ3v) is 5.15. The summed E-state index contributed by atoms with van der Waals surface area (Å²) in [5, 5.41) is 8.03. The zero-order chi connectivity index (χ0) is 20.1. The number of amides is 1. The van der Waals surface area contributed by atoms with E-state index in [4.69, 9.17) is 12.2 Å². The number of unbranched alkanes of at least 4 members (excludes halogenated alkanes) is 2. The first kappa shape index (κ1) is 21.4. The van der Waals surface area contributed by atoms with Gasteiger partial charge in [0.1, 0.15) is 5.54 Å². The zero-order valence-electron chi connectivity index (χ0n) is 17.1. The van der Waals surface area contributed by atoms with Crippen molar-refractivity contribution in [3.05, 3.63) is 42.1 Å². The zero-order valence-corrected chi connectivity index (χ0v) is 17.9. The topological polar surface area (TPSA) is 56.4 Å². The number of aryl methyl sites for hydroxylation is 1. The average Bonchev–Trinajstić information content (AvgIpc) is 3.00. The minimum absolute atomic E-state index is 0.177. The van der Waals surface area contributed by atoms with Crippen LogP contribution < -0.4 is 16.1 Å². The highest BCUT2D eigenvalue weighted by Gasteiger charge is 2.49. The van der Waals surface area contributed by atoms with Crippen molar-refractivity contribution in [2.45, 2.75) is 58.9 Å². The molecular weight excluding hydrogens is 356 g/mol. The predicted molar refractivity (Wildman–Crippen MR) is 116 cm³/mol. The molecule has 0 bridgehead atoms. The minimum Gasteiger partial charge on any atom is -0.332 e. The SMILES string of the molecule is CCCCCc1ccc(NC(=S)NC(=O)C2(C(C)(C)C)C=CN(C)N2)cc1. The van der Waals surface area contributed by atoms with Gasteiger partial charge in [0.05, 0.1) is 0 Å². The van der Waals surface area contributed by atoms with Crippen LogP contribution in [0, 0.1) is 5.41 Å². The Hall–Kier alpha value is -1.92. The number of hydrogen-bond donors (Lipinski definition) is 3. The molecule has 1 aromatic carbocycles. The maximum atomic E-state index is 13.0. The fourth-order valence-electron chi connectivity index (χ4n) is 3.16. The normalized spacial score (nSPS) is 19.2. The number of thiocarbonyl (C=S) groups is 1. The molecule has 1 aromatic rings. The van der Waals surface area contributed by atoms with Crippen molar-refractivity contribution in [3.8, 4) is 0 Å². The molecule has 0 aromatic heterocycles. The van der Waals surface area contributed by atoms with E-state index in [1.807, 2.05) is 52.2 Å². The third kappa shape index (κ3) is 5.30. The molecule has 148 valence electrons. The molecule has 0 saturated heterocycles. The molecule has 1 heterocycles. The third-order valence-electron chi connectivity index (χ3n) is 4.95. The van der Waals surface area contributed by atoms with E-state index >= 15 is 0 Å². The lowest BCUT2D eigenvalue weighted by molar-refractivity contribution is -0.129. The van der Waals surface area contributed by atoms with Crippen LogP contribution >= 0.6 is 12.2 Å². The van der Waals surface area contributed by atoms with Crippen LogP contribution in [0.5, 0.6) is 0 Å². The number of hydrazine groups is 1. The number of anilines is 1. The molecule has 3 N–H and O–H groups in total. The fourth-order valence-corrected chi connectivity index (χ4v) is 3.37. The molecule has 1 atom stereocenters. The Bertz CT molecular complexity index is 693. The Balaban J connectivity index is 1.96. The summed E-state index contributed by atoms with van der Waals surface area (Å²) < 4.78 is 0. The van der Waals surface area contributed by atoms with Crippen LogP contribution in [0.25, 0.3) is 0 Å². The quantitative estimate of drug-likeness (QED) is 0.508. The van der Waals surface area contributed by atoms with Gasteiger partial charge >= 0.3 is 0 Å². The van der Waals surface area contributed by atoms with Crippen molar-refractivity contribution >= 4 is 28.9 Å². The van der Waals surface area contributed by atoms with E-state index < -0.39 is 5.54 Å². The summed E-state index contributed by atoms with van der Waals surface area (Å²) in [6.07, 6.45) is 8.53. The summed E-state index contributed by atoms with van der Waals surface area (Å²) in [6, 6.07) is 8.21. The van der Waals surface area contributed by atoms with E-state index in [1.165, 1.54) is 24.8 Å². The molecule has 1 aliphatic rings. The van der Waals surface area contributed by atoms with Gasteiger partial charge in [-0.1, -0.05) is 52.7 Å². The van der Waals surface area contributed by atoms with Crippen LogP contribution in [0.1, 0.15) is 52.5 Å². The molecule has 27 heavy (non-hydrogen) atoms. The van der Waals surface area contributed by atoms with Crippen LogP contribution in [0.4, 0.5) is 5.69 Å². The highest BCUT2D eigenvalue weighted by Crippen LogP contribution is 2.34. The van der Waals surface area contributed by atoms with Crippen LogP contribution in [-0.4, -0.2) is 28.6 Å². The summed E-state index contributed by atoms with van der Waals surface area (Å²) in [5.41, 5.74) is 4.25. The Kier molecular flexibility index (Phi) is 7.00. The van der Waals surface area contributed by atoms with Crippen LogP contribution in [-0.2, 0) is 11.2 Å². The van der Waals surface area contributed by atoms with Gasteiger partial charge in [-0.15, -0.1) is 0 Å². The molecule has 0 saturated carbocycles. The Morgan fingerprint density at radius 3 is 2.41 bits per heavy atom. The van der Waals surface area contributed by atoms with Crippen LogP contribution in [0.15, 0.2) is 36.5 Å². The first-order chi connectivity index (χ1) is 12.7. The van der Waals surface area contributed by atoms with Crippen molar-refractivity contribution in [3.63, 3.8) is 0 Å². The largest absolute Gasteiger partial charge is 0.332 e. The van der Waals surface area contributed by atoms with E-state index in [1.54, 1.807) is 5.01 Å². The lowest BCUT2D eigenvalue weighted by atomic mass is 9.73. The predicted octanol–water partition coefficient (Wildman–Crippen LogP) is 3.98. The van der Waals surface area contributed by atoms with Gasteiger partial charge in [-0.05, 0) is 54.2 Å². The first-order valence-electron chi connectivity index (χ1n) is 9.59. The molecule has 1 aliphatic heterocycles. The maximum absolute atomic E-state index is 13.0. The molecule has 0 fully saturated rings. The number of benzene rings is 1. The lowest BCUT2D eigenvalue weighted by Crippen LogP contribution is -2.64. The molecule has 2 rings (SSSR count). The van der Waals surface area contributed by atoms with E-state index in [2.05, 4.69) is 35.1 Å². The second-order valence-corrected chi connectivity index (χ2v) is 8.57. The van der Waals surface area contributed by atoms with Crippen molar-refractivity contribution in [2.75, 3.05) is 12.4 Å². The van der Waals surface area contributed by atoms with Gasteiger partial charge in [0.25, 0.3) is 5.91 Å². The number of carbonyl (C=O) groups is 1. The summed E-state index contributed by atoms with van der Waals surface area (Å²) in [5.74, 6) is -0.177. The van der Waals surface area contributed by atoms with Crippen molar-refractivity contribution in [2.24, 2.45) is 5.41 Å². The standard InChI is InChI=1S/C21H32N4OS/c1-6-7-8-9-16-10-12-17(13-11-16)22-19(27)23-18(26)21(20(2,3)4)14-15-25(5)24-21/h10-15,24H,6-9H2,1-5H3,(H2,22,23,26,27). The minimum atomic E-state index is -0.851. The summed E-state index contributed by atoms with van der Waals surface area (Å²) in [7, 11) is 1.87. The van der Waals surface area contributed by atoms with Gasteiger partial charge in [0, 0.05) is 18.9 Å². The first-order valence-corrected chi connectivity index (χ1v) is 10.00. The number of hydrogen-bond acceptors (Lipinski definition) is 4. The second kappa shape index (κ2) is 8.85. The second-order valence-electron chi connectivity index (χ2n) is 8.16. The molecule has 1 amide bonds. The fraction of sp³-hybridized carbons (Fsp3) is 0.524. The smallest absolute Gasteiger partial charge is 0.252 e. The molecule has 0 spiro atoms. The molecule has 0 aliphatic carbocycles. The Morgan fingerprint density at radius 2 is 1.89 bits per heavy atom. The van der Waals surface area contributed by atoms with Crippen molar-refractivity contribution in [1.82, 2.24) is 15.8 Å². The number of rotatable bonds is 6.